The van der Waals surface area contributed by atoms with E-state index >= 15 is 0 Å². The normalized spacial score (nSPS) is 23.5. The van der Waals surface area contributed by atoms with Gasteiger partial charge in [-0.1, -0.05) is 11.6 Å². The van der Waals surface area contributed by atoms with Crippen molar-refractivity contribution < 1.29 is 9.84 Å². The molecular weight excluding hydrogens is 252 g/mol. The highest BCUT2D eigenvalue weighted by Crippen LogP contribution is 2.41. The van der Waals surface area contributed by atoms with Gasteiger partial charge in [0.25, 0.3) is 0 Å². The molecule has 0 radical (unpaired) electrons. The van der Waals surface area contributed by atoms with E-state index in [9.17, 15) is 5.11 Å². The molecule has 1 aromatic rings. The van der Waals surface area contributed by atoms with Gasteiger partial charge in [-0.2, -0.15) is 0 Å². The second kappa shape index (κ2) is 4.96. The van der Waals surface area contributed by atoms with Crippen LogP contribution in [0, 0.1) is 0 Å². The first kappa shape index (κ1) is 13.5. The van der Waals surface area contributed by atoms with Crippen LogP contribution in [0.1, 0.15) is 18.4 Å². The Morgan fingerprint density at radius 3 is 2.89 bits per heavy atom. The van der Waals surface area contributed by atoms with Crippen molar-refractivity contribution in [3.8, 4) is 5.75 Å². The smallest absolute Gasteiger partial charge is 0.137 e. The number of hydrogen-bond donors (Lipinski definition) is 2. The minimum atomic E-state index is -1.00. The van der Waals surface area contributed by atoms with Crippen molar-refractivity contribution in [2.24, 2.45) is 5.73 Å². The Kier molecular flexibility index (Phi) is 3.71. The van der Waals surface area contributed by atoms with Gasteiger partial charge in [-0.05, 0) is 25.0 Å². The van der Waals surface area contributed by atoms with E-state index in [1.807, 2.05) is 13.1 Å². The minimum absolute atomic E-state index is 0.193. The van der Waals surface area contributed by atoms with Gasteiger partial charge in [-0.15, -0.1) is 0 Å². The van der Waals surface area contributed by atoms with Crippen LogP contribution in [0.25, 0.3) is 0 Å². The molecule has 0 aliphatic carbocycles. The summed E-state index contributed by atoms with van der Waals surface area (Å²) in [7, 11) is 3.55. The number of hydrogen-bond acceptors (Lipinski definition) is 4. The third-order valence-electron chi connectivity index (χ3n) is 3.60. The first-order valence-electron chi connectivity index (χ1n) is 6.03. The number of methoxy groups -OCH3 is 1. The molecule has 1 heterocycles. The van der Waals surface area contributed by atoms with Crippen LogP contribution in [0.3, 0.4) is 0 Å². The fraction of sp³-hybridized carbons (Fsp3) is 0.538. The molecule has 0 saturated carbocycles. The van der Waals surface area contributed by atoms with Crippen LogP contribution in [0.15, 0.2) is 12.1 Å². The monoisotopic (exact) mass is 270 g/mol. The molecule has 0 aromatic heterocycles. The van der Waals surface area contributed by atoms with E-state index in [1.165, 1.54) is 0 Å². The molecule has 4 nitrogen and oxygen atoms in total. The van der Waals surface area contributed by atoms with Crippen LogP contribution in [0.2, 0.25) is 5.02 Å². The van der Waals surface area contributed by atoms with Gasteiger partial charge < -0.3 is 20.5 Å². The quantitative estimate of drug-likeness (QED) is 0.859. The highest BCUT2D eigenvalue weighted by molar-refractivity contribution is 6.32. The summed E-state index contributed by atoms with van der Waals surface area (Å²) in [6, 6.07) is 3.63. The lowest BCUT2D eigenvalue weighted by Gasteiger charge is -2.28. The maximum absolute atomic E-state index is 10.7. The van der Waals surface area contributed by atoms with Crippen molar-refractivity contribution >= 4 is 17.3 Å². The lowest BCUT2D eigenvalue weighted by atomic mass is 9.89. The maximum Gasteiger partial charge on any atom is 0.137 e. The van der Waals surface area contributed by atoms with E-state index in [2.05, 4.69) is 4.90 Å². The minimum Gasteiger partial charge on any atom is -0.495 e. The first-order valence-corrected chi connectivity index (χ1v) is 6.41. The summed E-state index contributed by atoms with van der Waals surface area (Å²) in [6.07, 6.45) is 1.53. The summed E-state index contributed by atoms with van der Waals surface area (Å²) >= 11 is 6.15. The van der Waals surface area contributed by atoms with Gasteiger partial charge in [0.2, 0.25) is 0 Å². The Labute approximate surface area is 112 Å². The van der Waals surface area contributed by atoms with Crippen LogP contribution in [-0.4, -0.2) is 32.4 Å². The number of anilines is 1. The molecule has 3 N–H and O–H groups in total. The molecule has 0 amide bonds. The second-order valence-electron chi connectivity index (χ2n) is 4.76. The summed E-state index contributed by atoms with van der Waals surface area (Å²) in [5, 5.41) is 11.2. The van der Waals surface area contributed by atoms with Crippen molar-refractivity contribution in [2.75, 3.05) is 32.1 Å². The van der Waals surface area contributed by atoms with Crippen LogP contribution >= 0.6 is 11.6 Å². The molecule has 0 fully saturated rings. The van der Waals surface area contributed by atoms with E-state index in [-0.39, 0.29) is 6.54 Å². The van der Waals surface area contributed by atoms with E-state index in [0.29, 0.717) is 17.2 Å². The number of nitrogens with zero attached hydrogens (tertiary/aromatic N) is 1. The van der Waals surface area contributed by atoms with Gasteiger partial charge in [0.05, 0.1) is 12.1 Å². The van der Waals surface area contributed by atoms with E-state index in [1.54, 1.807) is 13.2 Å². The summed E-state index contributed by atoms with van der Waals surface area (Å²) in [4.78, 5) is 2.09. The maximum atomic E-state index is 10.7. The van der Waals surface area contributed by atoms with Crippen LogP contribution in [0.5, 0.6) is 5.75 Å². The van der Waals surface area contributed by atoms with Gasteiger partial charge in [-0.3, -0.25) is 0 Å². The van der Waals surface area contributed by atoms with Gasteiger partial charge in [0.1, 0.15) is 11.4 Å². The van der Waals surface area contributed by atoms with Crippen molar-refractivity contribution in [1.82, 2.24) is 0 Å². The third-order valence-corrected chi connectivity index (χ3v) is 3.90. The zero-order valence-electron chi connectivity index (χ0n) is 10.7. The summed E-state index contributed by atoms with van der Waals surface area (Å²) in [6.45, 7) is 1.07. The predicted octanol–water partition coefficient (Wildman–Crippen LogP) is 1.72. The Bertz CT molecular complexity index is 453. The van der Waals surface area contributed by atoms with Gasteiger partial charge in [0.15, 0.2) is 0 Å². The van der Waals surface area contributed by atoms with Crippen molar-refractivity contribution in [1.29, 1.82) is 0 Å². The number of fused-ring (bicyclic) bond motifs is 1. The SMILES string of the molecule is COc1cc2c(cc1Cl)N(C)CCCC2(O)CN. The topological polar surface area (TPSA) is 58.7 Å². The van der Waals surface area contributed by atoms with Gasteiger partial charge >= 0.3 is 0 Å². The summed E-state index contributed by atoms with van der Waals surface area (Å²) in [5.41, 5.74) is 6.47. The van der Waals surface area contributed by atoms with Crippen molar-refractivity contribution in [2.45, 2.75) is 18.4 Å². The highest BCUT2D eigenvalue weighted by Gasteiger charge is 2.34. The average Bonchev–Trinajstić information content (AvgIpc) is 2.48. The number of ether oxygens (including phenoxy) is 1. The standard InChI is InChI=1S/C13H19ClN2O2/c1-16-5-3-4-13(17,8-15)9-6-12(18-2)10(14)7-11(9)16/h6-7,17H,3-5,8,15H2,1-2H3. The molecule has 18 heavy (non-hydrogen) atoms. The molecule has 1 aliphatic heterocycles. The predicted molar refractivity (Wildman–Crippen MR) is 73.5 cm³/mol. The Hall–Kier alpha value is -0.970. The molecule has 1 aromatic carbocycles. The zero-order chi connectivity index (χ0) is 13.3. The van der Waals surface area contributed by atoms with E-state index in [0.717, 1.165) is 24.2 Å². The number of nitrogens with two attached hydrogens (primary N) is 1. The molecule has 1 aliphatic rings. The van der Waals surface area contributed by atoms with Gasteiger partial charge in [-0.25, -0.2) is 0 Å². The molecule has 2 rings (SSSR count). The highest BCUT2D eigenvalue weighted by atomic mass is 35.5. The number of halogens is 1. The molecule has 100 valence electrons. The molecule has 0 bridgehead atoms. The molecule has 5 heteroatoms. The Balaban J connectivity index is 2.62. The second-order valence-corrected chi connectivity index (χ2v) is 5.17. The number of rotatable bonds is 2. The molecule has 0 spiro atoms. The van der Waals surface area contributed by atoms with Crippen LogP contribution in [0.4, 0.5) is 5.69 Å². The molecule has 1 unspecified atom stereocenters. The number of benzene rings is 1. The molecule has 0 saturated heterocycles. The average molecular weight is 271 g/mol. The largest absolute Gasteiger partial charge is 0.495 e. The molecular formula is C13H19ClN2O2. The third kappa shape index (κ3) is 2.16. The Morgan fingerprint density at radius 2 is 2.28 bits per heavy atom. The van der Waals surface area contributed by atoms with Crippen LogP contribution in [-0.2, 0) is 5.60 Å². The summed E-state index contributed by atoms with van der Waals surface area (Å²) in [5.74, 6) is 0.567. The van der Waals surface area contributed by atoms with Crippen LogP contribution < -0.4 is 15.4 Å². The fourth-order valence-corrected chi connectivity index (χ4v) is 2.70. The van der Waals surface area contributed by atoms with Crippen molar-refractivity contribution in [3.63, 3.8) is 0 Å². The Morgan fingerprint density at radius 1 is 1.56 bits per heavy atom. The fourth-order valence-electron chi connectivity index (χ4n) is 2.46. The lowest BCUT2D eigenvalue weighted by Crippen LogP contribution is -2.34. The summed E-state index contributed by atoms with van der Waals surface area (Å²) < 4.78 is 5.22. The lowest BCUT2D eigenvalue weighted by molar-refractivity contribution is 0.0377. The first-order chi connectivity index (χ1) is 8.51. The van der Waals surface area contributed by atoms with E-state index < -0.39 is 5.60 Å². The number of aliphatic hydroxyl groups is 1. The zero-order valence-corrected chi connectivity index (χ0v) is 11.5. The van der Waals surface area contributed by atoms with Gasteiger partial charge in [0, 0.05) is 31.4 Å². The van der Waals surface area contributed by atoms with E-state index in [4.69, 9.17) is 22.1 Å². The molecule has 1 atom stereocenters. The van der Waals surface area contributed by atoms with Crippen molar-refractivity contribution in [3.05, 3.63) is 22.7 Å².